The number of rotatable bonds is 10. The molecular formula is C23H39IN4O2. The molecule has 1 aliphatic heterocycles. The highest BCUT2D eigenvalue weighted by Crippen LogP contribution is 2.43. The van der Waals surface area contributed by atoms with Crippen LogP contribution in [0.3, 0.4) is 0 Å². The van der Waals surface area contributed by atoms with Gasteiger partial charge in [0.1, 0.15) is 5.75 Å². The Morgan fingerprint density at radius 3 is 2.53 bits per heavy atom. The zero-order valence-electron chi connectivity index (χ0n) is 18.8. The first-order valence-corrected chi connectivity index (χ1v) is 11.0. The van der Waals surface area contributed by atoms with Crippen molar-refractivity contribution in [3.05, 3.63) is 29.8 Å². The lowest BCUT2D eigenvalue weighted by atomic mass is 9.67. The summed E-state index contributed by atoms with van der Waals surface area (Å²) in [5, 5.41) is 7.17. The van der Waals surface area contributed by atoms with Gasteiger partial charge in [0.15, 0.2) is 5.96 Å². The second-order valence-corrected chi connectivity index (χ2v) is 8.44. The van der Waals surface area contributed by atoms with E-state index in [0.717, 1.165) is 50.9 Å². The molecule has 7 heteroatoms. The van der Waals surface area contributed by atoms with Crippen LogP contribution in [0.2, 0.25) is 0 Å². The summed E-state index contributed by atoms with van der Waals surface area (Å²) in [6, 6.07) is 8.78. The maximum absolute atomic E-state index is 5.46. The van der Waals surface area contributed by atoms with Crippen molar-refractivity contribution in [2.45, 2.75) is 44.6 Å². The molecule has 2 fully saturated rings. The normalized spacial score (nSPS) is 19.5. The molecule has 0 radical (unpaired) electrons. The minimum Gasteiger partial charge on any atom is -0.497 e. The molecule has 0 spiro atoms. The van der Waals surface area contributed by atoms with Gasteiger partial charge < -0.3 is 20.1 Å². The van der Waals surface area contributed by atoms with E-state index in [1.54, 1.807) is 14.2 Å². The van der Waals surface area contributed by atoms with Crippen molar-refractivity contribution in [1.82, 2.24) is 15.5 Å². The number of hydrogen-bond acceptors (Lipinski definition) is 4. The molecule has 2 N–H and O–H groups in total. The third-order valence-corrected chi connectivity index (χ3v) is 6.63. The van der Waals surface area contributed by atoms with Crippen molar-refractivity contribution in [2.24, 2.45) is 10.4 Å². The second kappa shape index (κ2) is 12.7. The van der Waals surface area contributed by atoms with E-state index >= 15 is 0 Å². The lowest BCUT2D eigenvalue weighted by Gasteiger charge is -2.42. The number of aliphatic imine (C=N–C) groups is 1. The van der Waals surface area contributed by atoms with E-state index in [-0.39, 0.29) is 24.0 Å². The van der Waals surface area contributed by atoms with Gasteiger partial charge in [0.05, 0.1) is 13.2 Å². The second-order valence-electron chi connectivity index (χ2n) is 8.44. The molecule has 1 aromatic carbocycles. The van der Waals surface area contributed by atoms with E-state index in [1.165, 1.54) is 37.7 Å². The van der Waals surface area contributed by atoms with E-state index in [9.17, 15) is 0 Å². The highest BCUT2D eigenvalue weighted by Gasteiger charge is 2.36. The third kappa shape index (κ3) is 6.72. The van der Waals surface area contributed by atoms with Crippen molar-refractivity contribution in [2.75, 3.05) is 54.1 Å². The van der Waals surface area contributed by atoms with Gasteiger partial charge in [-0.15, -0.1) is 24.0 Å². The summed E-state index contributed by atoms with van der Waals surface area (Å²) in [5.74, 6) is 1.81. The number of nitrogens with zero attached hydrogens (tertiary/aromatic N) is 2. The van der Waals surface area contributed by atoms with Gasteiger partial charge >= 0.3 is 0 Å². The molecule has 6 nitrogen and oxygen atoms in total. The maximum atomic E-state index is 5.46. The Labute approximate surface area is 199 Å². The molecule has 0 amide bonds. The van der Waals surface area contributed by atoms with Gasteiger partial charge in [-0.3, -0.25) is 9.89 Å². The number of ether oxygens (including phenoxy) is 2. The Balaban J connectivity index is 0.00000320. The Bertz CT molecular complexity index is 660. The minimum absolute atomic E-state index is 0. The minimum atomic E-state index is 0. The van der Waals surface area contributed by atoms with E-state index in [0.29, 0.717) is 11.5 Å². The summed E-state index contributed by atoms with van der Waals surface area (Å²) < 4.78 is 10.8. The Morgan fingerprint density at radius 1 is 1.17 bits per heavy atom. The summed E-state index contributed by atoms with van der Waals surface area (Å²) in [4.78, 5) is 7.05. The summed E-state index contributed by atoms with van der Waals surface area (Å²) in [7, 11) is 5.37. The predicted octanol–water partition coefficient (Wildman–Crippen LogP) is 3.82. The van der Waals surface area contributed by atoms with E-state index in [2.05, 4.69) is 38.7 Å². The average molecular weight is 530 g/mol. The van der Waals surface area contributed by atoms with Crippen LogP contribution in [0.5, 0.6) is 5.75 Å². The fraction of sp³-hybridized carbons (Fsp3) is 0.696. The van der Waals surface area contributed by atoms with Crippen molar-refractivity contribution >= 4 is 29.9 Å². The van der Waals surface area contributed by atoms with Crippen LogP contribution in [0.4, 0.5) is 0 Å². The smallest absolute Gasteiger partial charge is 0.191 e. The number of likely N-dealkylation sites (tertiary alicyclic amines) is 1. The zero-order chi connectivity index (χ0) is 20.5. The first-order valence-electron chi connectivity index (χ1n) is 11.0. The fourth-order valence-electron chi connectivity index (χ4n) is 4.56. The number of hydrogen-bond donors (Lipinski definition) is 2. The lowest BCUT2D eigenvalue weighted by molar-refractivity contribution is 0.0732. The van der Waals surface area contributed by atoms with Gasteiger partial charge in [-0.05, 0) is 68.3 Å². The van der Waals surface area contributed by atoms with Crippen molar-refractivity contribution in [3.8, 4) is 5.75 Å². The summed E-state index contributed by atoms with van der Waals surface area (Å²) in [6.45, 7) is 4.92. The molecule has 0 bridgehead atoms. The van der Waals surface area contributed by atoms with Crippen LogP contribution in [0, 0.1) is 5.41 Å². The number of guanidine groups is 1. The quantitative estimate of drug-likeness (QED) is 0.274. The Hall–Kier alpha value is -1.06. The van der Waals surface area contributed by atoms with Crippen LogP contribution < -0.4 is 15.4 Å². The molecule has 1 unspecified atom stereocenters. The predicted molar refractivity (Wildman–Crippen MR) is 134 cm³/mol. The first kappa shape index (κ1) is 25.2. The van der Waals surface area contributed by atoms with E-state index < -0.39 is 0 Å². The molecule has 1 heterocycles. The molecule has 1 saturated carbocycles. The van der Waals surface area contributed by atoms with Crippen LogP contribution in [0.25, 0.3) is 0 Å². The molecule has 1 aliphatic carbocycles. The molecule has 1 aromatic rings. The summed E-state index contributed by atoms with van der Waals surface area (Å²) >= 11 is 0. The van der Waals surface area contributed by atoms with E-state index in [1.807, 2.05) is 13.1 Å². The van der Waals surface area contributed by atoms with Crippen LogP contribution >= 0.6 is 24.0 Å². The van der Waals surface area contributed by atoms with Crippen LogP contribution in [-0.2, 0) is 4.74 Å². The van der Waals surface area contributed by atoms with Crippen LogP contribution in [0.15, 0.2) is 29.3 Å². The largest absolute Gasteiger partial charge is 0.497 e. The SMILES string of the molecule is CN=C(NCC(c1cccc(OC)c1)N1CCCC1)NCC1(CCOC)CCC1.I. The molecule has 1 saturated heterocycles. The lowest BCUT2D eigenvalue weighted by Crippen LogP contribution is -2.48. The number of benzene rings is 1. The number of halogens is 1. The summed E-state index contributed by atoms with van der Waals surface area (Å²) in [5.41, 5.74) is 1.67. The van der Waals surface area contributed by atoms with E-state index in [4.69, 9.17) is 9.47 Å². The molecular weight excluding hydrogens is 491 g/mol. The standard InChI is InChI=1S/C23H38N4O2.HI/c1-24-22(26-18-23(10-7-11-23)12-15-28-2)25-17-21(27-13-4-5-14-27)19-8-6-9-20(16-19)29-3;/h6,8-9,16,21H,4-5,7,10-15,17-18H2,1-3H3,(H2,24,25,26);1H. The number of nitrogens with one attached hydrogen (secondary N) is 2. The maximum Gasteiger partial charge on any atom is 0.191 e. The van der Waals surface area contributed by atoms with Gasteiger partial charge in [-0.25, -0.2) is 0 Å². The molecule has 2 aliphatic rings. The van der Waals surface area contributed by atoms with Crippen LogP contribution in [-0.4, -0.2) is 64.9 Å². The third-order valence-electron chi connectivity index (χ3n) is 6.63. The summed E-state index contributed by atoms with van der Waals surface area (Å²) in [6.07, 6.45) is 7.55. The first-order chi connectivity index (χ1) is 14.2. The van der Waals surface area contributed by atoms with Crippen molar-refractivity contribution < 1.29 is 9.47 Å². The van der Waals surface area contributed by atoms with Gasteiger partial charge in [-0.2, -0.15) is 0 Å². The van der Waals surface area contributed by atoms with Crippen LogP contribution in [0.1, 0.15) is 50.1 Å². The van der Waals surface area contributed by atoms with Gasteiger partial charge in [0.2, 0.25) is 0 Å². The Kier molecular flexibility index (Phi) is 10.7. The van der Waals surface area contributed by atoms with Gasteiger partial charge in [-0.1, -0.05) is 18.6 Å². The van der Waals surface area contributed by atoms with Gasteiger partial charge in [0, 0.05) is 33.9 Å². The monoisotopic (exact) mass is 530 g/mol. The zero-order valence-corrected chi connectivity index (χ0v) is 21.1. The molecule has 30 heavy (non-hydrogen) atoms. The topological polar surface area (TPSA) is 58.1 Å². The van der Waals surface area contributed by atoms with Gasteiger partial charge in [0.25, 0.3) is 0 Å². The highest BCUT2D eigenvalue weighted by molar-refractivity contribution is 14.0. The molecule has 3 rings (SSSR count). The van der Waals surface area contributed by atoms with Crippen molar-refractivity contribution in [1.29, 1.82) is 0 Å². The number of methoxy groups -OCH3 is 2. The average Bonchev–Trinajstić information content (AvgIpc) is 3.26. The fourth-order valence-corrected chi connectivity index (χ4v) is 4.56. The van der Waals surface area contributed by atoms with Crippen molar-refractivity contribution in [3.63, 3.8) is 0 Å². The molecule has 1 atom stereocenters. The Morgan fingerprint density at radius 2 is 1.93 bits per heavy atom. The highest BCUT2D eigenvalue weighted by atomic mass is 127. The molecule has 0 aromatic heterocycles. The molecule has 170 valence electrons.